The minimum atomic E-state index is -0.509. The van der Waals surface area contributed by atoms with Crippen molar-refractivity contribution in [2.24, 2.45) is 0 Å². The molecule has 3 aliphatic heterocycles. The lowest BCUT2D eigenvalue weighted by molar-refractivity contribution is -0.142. The van der Waals surface area contributed by atoms with Gasteiger partial charge in [-0.3, -0.25) is 4.79 Å². The lowest BCUT2D eigenvalue weighted by Gasteiger charge is -2.41. The predicted octanol–water partition coefficient (Wildman–Crippen LogP) is 2.96. The molecule has 2 fully saturated rings. The van der Waals surface area contributed by atoms with E-state index in [1.165, 1.54) is 6.42 Å². The van der Waals surface area contributed by atoms with Gasteiger partial charge in [0.2, 0.25) is 5.91 Å². The van der Waals surface area contributed by atoms with Gasteiger partial charge in [0, 0.05) is 44.8 Å². The van der Waals surface area contributed by atoms with Crippen molar-refractivity contribution in [3.63, 3.8) is 0 Å². The quantitative estimate of drug-likeness (QED) is 0.774. The van der Waals surface area contributed by atoms with E-state index in [2.05, 4.69) is 29.4 Å². The molecule has 33 heavy (non-hydrogen) atoms. The third-order valence-corrected chi connectivity index (χ3v) is 7.68. The first-order valence-corrected chi connectivity index (χ1v) is 12.3. The van der Waals surface area contributed by atoms with Crippen molar-refractivity contribution in [3.8, 4) is 0 Å². The molecule has 0 spiro atoms. The van der Waals surface area contributed by atoms with Gasteiger partial charge < -0.3 is 19.9 Å². The summed E-state index contributed by atoms with van der Waals surface area (Å²) in [5.74, 6) is 2.41. The van der Waals surface area contributed by atoms with Crippen LogP contribution in [0, 0.1) is 0 Å². The molecule has 0 radical (unpaired) electrons. The maximum atomic E-state index is 14.1. The third-order valence-electron chi connectivity index (χ3n) is 7.68. The molecule has 1 amide bonds. The molecule has 2 aromatic rings. The van der Waals surface area contributed by atoms with Crippen molar-refractivity contribution in [1.82, 2.24) is 19.8 Å². The summed E-state index contributed by atoms with van der Waals surface area (Å²) in [6.07, 6.45) is 4.52. The van der Waals surface area contributed by atoms with Gasteiger partial charge in [0.1, 0.15) is 11.6 Å². The number of hydrogen-bond donors (Lipinski definition) is 1. The van der Waals surface area contributed by atoms with E-state index in [1.807, 2.05) is 30.1 Å². The number of hydrogen-bond acceptors (Lipinski definition) is 6. The van der Waals surface area contributed by atoms with Gasteiger partial charge in [-0.05, 0) is 51.3 Å². The Balaban J connectivity index is 1.45. The van der Waals surface area contributed by atoms with E-state index in [9.17, 15) is 4.79 Å². The van der Waals surface area contributed by atoms with Gasteiger partial charge in [0.05, 0.1) is 17.7 Å². The smallest absolute Gasteiger partial charge is 0.233 e. The summed E-state index contributed by atoms with van der Waals surface area (Å²) in [6.45, 7) is 4.61. The third kappa shape index (κ3) is 4.24. The van der Waals surface area contributed by atoms with E-state index >= 15 is 0 Å². The molecule has 0 aliphatic carbocycles. The van der Waals surface area contributed by atoms with Crippen LogP contribution >= 0.6 is 0 Å². The second-order valence-corrected chi connectivity index (χ2v) is 9.74. The Bertz CT molecular complexity index is 990. The number of nitrogens with zero attached hydrogens (tertiary/aromatic N) is 4. The molecule has 176 valence electrons. The second-order valence-electron chi connectivity index (χ2n) is 9.74. The fraction of sp³-hybridized carbons (Fsp3) is 0.577. The molecule has 7 heteroatoms. The number of carbonyl (C=O) groups excluding carboxylic acids is 1. The maximum Gasteiger partial charge on any atom is 0.233 e. The van der Waals surface area contributed by atoms with Crippen molar-refractivity contribution >= 4 is 11.7 Å². The first-order chi connectivity index (χ1) is 16.1. The highest BCUT2D eigenvalue weighted by Crippen LogP contribution is 2.38. The number of carbonyl (C=O) groups is 1. The van der Waals surface area contributed by atoms with Crippen molar-refractivity contribution in [3.05, 3.63) is 53.0 Å². The summed E-state index contributed by atoms with van der Waals surface area (Å²) in [6, 6.07) is 10.3. The highest BCUT2D eigenvalue weighted by molar-refractivity contribution is 5.88. The van der Waals surface area contributed by atoms with Crippen molar-refractivity contribution in [1.29, 1.82) is 0 Å². The van der Waals surface area contributed by atoms with Gasteiger partial charge in [-0.1, -0.05) is 30.3 Å². The van der Waals surface area contributed by atoms with Gasteiger partial charge in [-0.15, -0.1) is 0 Å². The van der Waals surface area contributed by atoms with Gasteiger partial charge in [0.15, 0.2) is 0 Å². The van der Waals surface area contributed by atoms with E-state index in [-0.39, 0.29) is 5.91 Å². The molecular formula is C26H35N5O2. The van der Waals surface area contributed by atoms with Crippen LogP contribution < -0.4 is 5.32 Å². The van der Waals surface area contributed by atoms with Gasteiger partial charge in [-0.2, -0.15) is 0 Å². The molecule has 1 atom stereocenters. The minimum absolute atomic E-state index is 0.214. The molecule has 5 rings (SSSR count). The Labute approximate surface area is 196 Å². The molecular weight excluding hydrogens is 414 g/mol. The monoisotopic (exact) mass is 449 g/mol. The number of likely N-dealkylation sites (N-methyl/N-ethyl adjacent to an activating group) is 1. The first kappa shape index (κ1) is 22.3. The van der Waals surface area contributed by atoms with Crippen molar-refractivity contribution in [2.45, 2.75) is 50.0 Å². The number of ether oxygens (including phenoxy) is 1. The van der Waals surface area contributed by atoms with Crippen LogP contribution in [0.3, 0.4) is 0 Å². The zero-order valence-electron chi connectivity index (χ0n) is 19.8. The van der Waals surface area contributed by atoms with E-state index in [4.69, 9.17) is 14.7 Å². The number of aromatic nitrogens is 2. The SMILES string of the molecule is CNc1nc([C@@H]2CCCN(C)C2)nc2c1CCN(C(=O)C1(c3ccccc3)CCOCC1)C2. The average molecular weight is 450 g/mol. The normalized spacial score (nSPS) is 23.1. The Morgan fingerprint density at radius 2 is 1.94 bits per heavy atom. The van der Waals surface area contributed by atoms with Gasteiger partial charge >= 0.3 is 0 Å². The van der Waals surface area contributed by atoms with E-state index in [1.54, 1.807) is 0 Å². The summed E-state index contributed by atoms with van der Waals surface area (Å²) in [5, 5.41) is 3.30. The van der Waals surface area contributed by atoms with Gasteiger partial charge in [0.25, 0.3) is 0 Å². The molecule has 1 aromatic heterocycles. The predicted molar refractivity (Wildman–Crippen MR) is 128 cm³/mol. The molecule has 0 bridgehead atoms. The molecule has 0 saturated carbocycles. The highest BCUT2D eigenvalue weighted by atomic mass is 16.5. The number of amides is 1. The van der Waals surface area contributed by atoms with Crippen LogP contribution in [0.5, 0.6) is 0 Å². The summed E-state index contributed by atoms with van der Waals surface area (Å²) in [7, 11) is 4.10. The maximum absolute atomic E-state index is 14.1. The minimum Gasteiger partial charge on any atom is -0.381 e. The molecule has 1 aromatic carbocycles. The lowest BCUT2D eigenvalue weighted by atomic mass is 9.72. The highest BCUT2D eigenvalue weighted by Gasteiger charge is 2.45. The van der Waals surface area contributed by atoms with Crippen molar-refractivity contribution < 1.29 is 9.53 Å². The number of rotatable bonds is 4. The zero-order valence-corrected chi connectivity index (χ0v) is 19.8. The van der Waals surface area contributed by atoms with Crippen molar-refractivity contribution in [2.75, 3.05) is 52.3 Å². The Morgan fingerprint density at radius 3 is 2.67 bits per heavy atom. The molecule has 2 saturated heterocycles. The van der Waals surface area contributed by atoms with Gasteiger partial charge in [-0.25, -0.2) is 9.97 Å². The summed E-state index contributed by atoms with van der Waals surface area (Å²) in [5.41, 5.74) is 2.77. The number of benzene rings is 1. The molecule has 3 aliphatic rings. The largest absolute Gasteiger partial charge is 0.381 e. The number of fused-ring (bicyclic) bond motifs is 1. The van der Waals surface area contributed by atoms with Crippen LogP contribution in [0.1, 0.15) is 54.2 Å². The molecule has 1 N–H and O–H groups in total. The molecule has 4 heterocycles. The Kier molecular flexibility index (Phi) is 6.34. The van der Waals surface area contributed by atoms with Crippen LogP contribution in [-0.4, -0.2) is 72.6 Å². The summed E-state index contributed by atoms with van der Waals surface area (Å²) >= 11 is 0. The van der Waals surface area contributed by atoms with E-state index < -0.39 is 5.41 Å². The van der Waals surface area contributed by atoms with E-state index in [0.717, 1.165) is 67.2 Å². The topological polar surface area (TPSA) is 70.6 Å². The van der Waals surface area contributed by atoms with Crippen LogP contribution in [0.4, 0.5) is 5.82 Å². The summed E-state index contributed by atoms with van der Waals surface area (Å²) < 4.78 is 5.66. The molecule has 0 unspecified atom stereocenters. The fourth-order valence-corrected chi connectivity index (χ4v) is 5.80. The fourth-order valence-electron chi connectivity index (χ4n) is 5.80. The van der Waals surface area contributed by atoms with Crippen LogP contribution in [0.2, 0.25) is 0 Å². The number of likely N-dealkylation sites (tertiary alicyclic amines) is 1. The van der Waals surface area contributed by atoms with E-state index in [0.29, 0.717) is 32.2 Å². The van der Waals surface area contributed by atoms with Crippen LogP contribution in [0.25, 0.3) is 0 Å². The number of nitrogens with one attached hydrogen (secondary N) is 1. The van der Waals surface area contributed by atoms with Crippen LogP contribution in [0.15, 0.2) is 30.3 Å². The Hall–Kier alpha value is -2.51. The number of anilines is 1. The average Bonchev–Trinajstić information content (AvgIpc) is 2.88. The molecule has 7 nitrogen and oxygen atoms in total. The standard InChI is InChI=1S/C26H35N5O2/c1-27-24-21-10-14-31(18-22(21)28-23(29-24)19-7-6-13-30(2)17-19)25(32)26(11-15-33-16-12-26)20-8-4-3-5-9-20/h3-5,8-9,19H,6-7,10-18H2,1-2H3,(H,27,28,29)/t19-/m1/s1. The Morgan fingerprint density at radius 1 is 1.15 bits per heavy atom. The number of piperidine rings is 1. The van der Waals surface area contributed by atoms with Crippen LogP contribution in [-0.2, 0) is 27.9 Å². The lowest BCUT2D eigenvalue weighted by Crippen LogP contribution is -2.51. The first-order valence-electron chi connectivity index (χ1n) is 12.3. The zero-order chi connectivity index (χ0) is 22.8. The summed E-state index contributed by atoms with van der Waals surface area (Å²) in [4.78, 5) is 28.4. The second kappa shape index (κ2) is 9.39.